The predicted molar refractivity (Wildman–Crippen MR) is 70.0 cm³/mol. The van der Waals surface area contributed by atoms with Crippen molar-refractivity contribution in [1.29, 1.82) is 0 Å². The highest BCUT2D eigenvalue weighted by atomic mass is 16.6. The van der Waals surface area contributed by atoms with E-state index in [-0.39, 0.29) is 13.2 Å². The van der Waals surface area contributed by atoms with Crippen molar-refractivity contribution in [1.82, 2.24) is 4.90 Å². The van der Waals surface area contributed by atoms with Crippen molar-refractivity contribution in [3.05, 3.63) is 35.9 Å². The summed E-state index contributed by atoms with van der Waals surface area (Å²) in [5, 5.41) is 18.3. The highest BCUT2D eigenvalue weighted by molar-refractivity contribution is 5.81. The number of aliphatic hydroxyl groups is 1. The van der Waals surface area contributed by atoms with E-state index in [4.69, 9.17) is 9.84 Å². The van der Waals surface area contributed by atoms with Crippen LogP contribution < -0.4 is 0 Å². The number of ether oxygens (including phenoxy) is 1. The molecule has 0 radical (unpaired) electrons. The Morgan fingerprint density at radius 2 is 1.95 bits per heavy atom. The average Bonchev–Trinajstić information content (AvgIpc) is 2.90. The van der Waals surface area contributed by atoms with Crippen LogP contribution in [-0.4, -0.2) is 45.9 Å². The van der Waals surface area contributed by atoms with Gasteiger partial charge in [-0.1, -0.05) is 30.3 Å². The molecule has 6 nitrogen and oxygen atoms in total. The lowest BCUT2D eigenvalue weighted by atomic mass is 10.2. The number of carbonyl (C=O) groups excluding carboxylic acids is 1. The van der Waals surface area contributed by atoms with Gasteiger partial charge >= 0.3 is 12.1 Å². The van der Waals surface area contributed by atoms with Crippen molar-refractivity contribution in [3.8, 4) is 0 Å². The van der Waals surface area contributed by atoms with E-state index in [9.17, 15) is 14.7 Å². The van der Waals surface area contributed by atoms with Crippen molar-refractivity contribution in [2.75, 3.05) is 6.61 Å². The fraction of sp³-hybridized carbons (Fsp3) is 0.429. The lowest BCUT2D eigenvalue weighted by Gasteiger charge is -2.26. The molecule has 20 heavy (non-hydrogen) atoms. The molecule has 0 aromatic heterocycles. The third kappa shape index (κ3) is 3.08. The quantitative estimate of drug-likeness (QED) is 0.865. The fourth-order valence-electron chi connectivity index (χ4n) is 2.37. The van der Waals surface area contributed by atoms with Crippen molar-refractivity contribution < 1.29 is 24.5 Å². The Hall–Kier alpha value is -2.08. The number of likely N-dealkylation sites (tertiary alicyclic amines) is 1. The van der Waals surface area contributed by atoms with Crippen LogP contribution in [0.2, 0.25) is 0 Å². The summed E-state index contributed by atoms with van der Waals surface area (Å²) in [5.74, 6) is -1.07. The molecule has 1 aliphatic heterocycles. The predicted octanol–water partition coefficient (Wildman–Crippen LogP) is 1.23. The van der Waals surface area contributed by atoms with Crippen molar-refractivity contribution >= 4 is 12.1 Å². The molecule has 2 N–H and O–H groups in total. The zero-order chi connectivity index (χ0) is 14.5. The van der Waals surface area contributed by atoms with E-state index in [1.54, 1.807) is 0 Å². The molecule has 2 atom stereocenters. The maximum Gasteiger partial charge on any atom is 0.411 e. The Balaban J connectivity index is 2.00. The van der Waals surface area contributed by atoms with Crippen LogP contribution >= 0.6 is 0 Å². The molecule has 6 heteroatoms. The SMILES string of the molecule is O=C(O)[C@H]1CC[C@H](CO)N1C(=O)OCc1ccccc1. The second kappa shape index (κ2) is 6.38. The molecular weight excluding hydrogens is 262 g/mol. The second-order valence-electron chi connectivity index (χ2n) is 4.72. The molecule has 1 saturated heterocycles. The molecule has 1 aliphatic rings. The third-order valence-corrected chi connectivity index (χ3v) is 3.41. The van der Waals surface area contributed by atoms with Gasteiger partial charge in [-0.3, -0.25) is 4.90 Å². The number of rotatable bonds is 4. The zero-order valence-corrected chi connectivity index (χ0v) is 10.9. The summed E-state index contributed by atoms with van der Waals surface area (Å²) in [6.45, 7) is -0.176. The normalized spacial score (nSPS) is 21.8. The number of benzene rings is 1. The third-order valence-electron chi connectivity index (χ3n) is 3.41. The van der Waals surface area contributed by atoms with Gasteiger partial charge in [0.1, 0.15) is 12.6 Å². The number of aliphatic hydroxyl groups excluding tert-OH is 1. The van der Waals surface area contributed by atoms with E-state index in [1.807, 2.05) is 30.3 Å². The monoisotopic (exact) mass is 279 g/mol. The van der Waals surface area contributed by atoms with Crippen LogP contribution in [0, 0.1) is 0 Å². The number of aliphatic carboxylic acids is 1. The first kappa shape index (κ1) is 14.3. The second-order valence-corrected chi connectivity index (χ2v) is 4.72. The van der Waals surface area contributed by atoms with E-state index < -0.39 is 24.1 Å². The summed E-state index contributed by atoms with van der Waals surface area (Å²) in [6, 6.07) is 7.74. The van der Waals surface area contributed by atoms with Gasteiger partial charge < -0.3 is 14.9 Å². The topological polar surface area (TPSA) is 87.1 Å². The maximum atomic E-state index is 12.0. The van der Waals surface area contributed by atoms with Crippen LogP contribution in [0.3, 0.4) is 0 Å². The van der Waals surface area contributed by atoms with Gasteiger partial charge in [-0.05, 0) is 18.4 Å². The highest BCUT2D eigenvalue weighted by Gasteiger charge is 2.41. The van der Waals surface area contributed by atoms with E-state index in [2.05, 4.69) is 0 Å². The maximum absolute atomic E-state index is 12.0. The van der Waals surface area contributed by atoms with Crippen LogP contribution in [0.1, 0.15) is 18.4 Å². The number of carbonyl (C=O) groups is 2. The van der Waals surface area contributed by atoms with Gasteiger partial charge in [0.05, 0.1) is 12.6 Å². The number of amides is 1. The van der Waals surface area contributed by atoms with Gasteiger partial charge in [-0.15, -0.1) is 0 Å². The molecule has 0 saturated carbocycles. The number of carboxylic acid groups (broad SMARTS) is 1. The highest BCUT2D eigenvalue weighted by Crippen LogP contribution is 2.25. The van der Waals surface area contributed by atoms with Crippen molar-refractivity contribution in [2.45, 2.75) is 31.5 Å². The number of hydrogen-bond acceptors (Lipinski definition) is 4. The van der Waals surface area contributed by atoms with Crippen LogP contribution in [-0.2, 0) is 16.1 Å². The molecule has 2 rings (SSSR count). The first-order valence-corrected chi connectivity index (χ1v) is 6.46. The van der Waals surface area contributed by atoms with Crippen molar-refractivity contribution in [3.63, 3.8) is 0 Å². The van der Waals surface area contributed by atoms with Gasteiger partial charge in [0.25, 0.3) is 0 Å². The Kier molecular flexibility index (Phi) is 4.57. The molecule has 1 aromatic carbocycles. The minimum atomic E-state index is -1.07. The summed E-state index contributed by atoms with van der Waals surface area (Å²) in [6.07, 6.45) is 0.104. The fourth-order valence-corrected chi connectivity index (χ4v) is 2.37. The smallest absolute Gasteiger partial charge is 0.411 e. The van der Waals surface area contributed by atoms with Crippen molar-refractivity contribution in [2.24, 2.45) is 0 Å². The van der Waals surface area contributed by atoms with E-state index in [1.165, 1.54) is 0 Å². The van der Waals surface area contributed by atoms with Gasteiger partial charge in [-0.2, -0.15) is 0 Å². The summed E-state index contributed by atoms with van der Waals surface area (Å²) in [7, 11) is 0. The summed E-state index contributed by atoms with van der Waals surface area (Å²) < 4.78 is 5.14. The summed E-state index contributed by atoms with van der Waals surface area (Å²) >= 11 is 0. The Bertz CT molecular complexity index is 476. The lowest BCUT2D eigenvalue weighted by Crippen LogP contribution is -2.46. The summed E-state index contributed by atoms with van der Waals surface area (Å²) in [5.41, 5.74) is 0.826. The molecule has 1 fully saturated rings. The molecule has 1 amide bonds. The number of nitrogens with zero attached hydrogens (tertiary/aromatic N) is 1. The number of hydrogen-bond donors (Lipinski definition) is 2. The van der Waals surface area contributed by atoms with E-state index >= 15 is 0 Å². The van der Waals surface area contributed by atoms with Crippen LogP contribution in [0.25, 0.3) is 0 Å². The molecule has 108 valence electrons. The molecule has 0 bridgehead atoms. The molecule has 0 spiro atoms. The standard InChI is InChI=1S/C14H17NO5/c16-8-11-6-7-12(13(17)18)15(11)14(19)20-9-10-4-2-1-3-5-10/h1-5,11-12,16H,6-9H2,(H,17,18)/t11-,12-/m1/s1. The molecule has 1 aromatic rings. The minimum Gasteiger partial charge on any atom is -0.480 e. The van der Waals surface area contributed by atoms with Gasteiger partial charge in [0.15, 0.2) is 0 Å². The lowest BCUT2D eigenvalue weighted by molar-refractivity contribution is -0.142. The van der Waals surface area contributed by atoms with Crippen LogP contribution in [0.5, 0.6) is 0 Å². The van der Waals surface area contributed by atoms with Gasteiger partial charge in [0, 0.05) is 0 Å². The van der Waals surface area contributed by atoms with Crippen LogP contribution in [0.15, 0.2) is 30.3 Å². The first-order valence-electron chi connectivity index (χ1n) is 6.46. The molecule has 1 heterocycles. The minimum absolute atomic E-state index is 0.0840. The molecular formula is C14H17NO5. The first-order chi connectivity index (χ1) is 9.63. The van der Waals surface area contributed by atoms with Crippen LogP contribution in [0.4, 0.5) is 4.79 Å². The summed E-state index contributed by atoms with van der Waals surface area (Å²) in [4.78, 5) is 24.3. The van der Waals surface area contributed by atoms with E-state index in [0.29, 0.717) is 12.8 Å². The van der Waals surface area contributed by atoms with E-state index in [0.717, 1.165) is 10.5 Å². The largest absolute Gasteiger partial charge is 0.480 e. The van der Waals surface area contributed by atoms with Gasteiger partial charge in [0.2, 0.25) is 0 Å². The average molecular weight is 279 g/mol. The zero-order valence-electron chi connectivity index (χ0n) is 10.9. The number of carboxylic acids is 1. The molecule has 0 unspecified atom stereocenters. The Labute approximate surface area is 116 Å². The Morgan fingerprint density at radius 1 is 1.25 bits per heavy atom. The Morgan fingerprint density at radius 3 is 2.55 bits per heavy atom. The molecule has 0 aliphatic carbocycles. The van der Waals surface area contributed by atoms with Gasteiger partial charge in [-0.25, -0.2) is 9.59 Å².